The Balaban J connectivity index is 1.64. The van der Waals surface area contributed by atoms with E-state index in [4.69, 9.17) is 9.47 Å². The molecule has 4 heteroatoms. The zero-order chi connectivity index (χ0) is 25.4. The number of cyclic esters (lactones) is 1. The van der Waals surface area contributed by atoms with Crippen LogP contribution in [0.5, 0.6) is 0 Å². The molecule has 0 aromatic carbocycles. The van der Waals surface area contributed by atoms with Crippen molar-refractivity contribution in [1.82, 2.24) is 0 Å². The summed E-state index contributed by atoms with van der Waals surface area (Å²) < 4.78 is 12.1. The number of allylic oxidation sites excluding steroid dienone is 2. The second-order valence-corrected chi connectivity index (χ2v) is 13.9. The molecule has 10 atom stereocenters. The average Bonchev–Trinajstić information content (AvgIpc) is 3.08. The monoisotopic (exact) mass is 484 g/mol. The predicted octanol–water partition coefficient (Wildman–Crippen LogP) is 6.48. The zero-order valence-electron chi connectivity index (χ0n) is 23.2. The largest absolute Gasteiger partial charge is 0.462 e. The van der Waals surface area contributed by atoms with Crippen molar-refractivity contribution in [3.8, 4) is 0 Å². The first-order valence-corrected chi connectivity index (χ1v) is 14.2. The van der Waals surface area contributed by atoms with Crippen molar-refractivity contribution in [3.05, 3.63) is 23.3 Å². The molecule has 0 radical (unpaired) electrons. The molecule has 0 saturated heterocycles. The first-order chi connectivity index (χ1) is 16.4. The molecule has 1 N–H and O–H groups in total. The van der Waals surface area contributed by atoms with Crippen LogP contribution in [-0.4, -0.2) is 37.0 Å². The molecule has 3 saturated carbocycles. The number of ether oxygens (including phenoxy) is 2. The van der Waals surface area contributed by atoms with E-state index in [1.165, 1.54) is 32.1 Å². The highest BCUT2D eigenvalue weighted by Crippen LogP contribution is 2.73. The highest BCUT2D eigenvalue weighted by Gasteiger charge is 2.66. The number of carbonyl (C=O) groups is 1. The van der Waals surface area contributed by atoms with E-state index in [1.807, 2.05) is 7.11 Å². The van der Waals surface area contributed by atoms with Crippen molar-refractivity contribution in [2.75, 3.05) is 13.7 Å². The molecular weight excluding hydrogens is 436 g/mol. The number of hydrogen-bond acceptors (Lipinski definition) is 4. The lowest BCUT2D eigenvalue weighted by atomic mass is 9.40. The third-order valence-corrected chi connectivity index (χ3v) is 12.5. The van der Waals surface area contributed by atoms with Gasteiger partial charge in [0.2, 0.25) is 0 Å². The van der Waals surface area contributed by atoms with E-state index in [-0.39, 0.29) is 33.7 Å². The lowest BCUT2D eigenvalue weighted by molar-refractivity contribution is -0.179. The molecular formula is C31H48O4. The van der Waals surface area contributed by atoms with Crippen LogP contribution in [-0.2, 0) is 14.3 Å². The molecule has 5 rings (SSSR count). The van der Waals surface area contributed by atoms with Gasteiger partial charge in [-0.25, -0.2) is 4.79 Å². The molecule has 5 bridgehead atoms. The van der Waals surface area contributed by atoms with Gasteiger partial charge in [0, 0.05) is 18.1 Å². The highest BCUT2D eigenvalue weighted by atomic mass is 16.5. The van der Waals surface area contributed by atoms with E-state index in [9.17, 15) is 9.90 Å². The van der Waals surface area contributed by atoms with E-state index >= 15 is 0 Å². The average molecular weight is 485 g/mol. The fourth-order valence-electron chi connectivity index (χ4n) is 10.4. The fraction of sp³-hybridized carbons (Fsp3) is 0.839. The van der Waals surface area contributed by atoms with Crippen LogP contribution in [0.4, 0.5) is 0 Å². The number of methoxy groups -OCH3 is 1. The molecule has 35 heavy (non-hydrogen) atoms. The van der Waals surface area contributed by atoms with Crippen LogP contribution in [0.1, 0.15) is 92.9 Å². The van der Waals surface area contributed by atoms with Crippen LogP contribution >= 0.6 is 0 Å². The molecule has 5 aliphatic rings. The van der Waals surface area contributed by atoms with Crippen molar-refractivity contribution in [1.29, 1.82) is 0 Å². The minimum atomic E-state index is -0.617. The smallest absolute Gasteiger partial charge is 0.333 e. The van der Waals surface area contributed by atoms with E-state index in [1.54, 1.807) is 18.6 Å². The molecule has 0 amide bonds. The van der Waals surface area contributed by atoms with Gasteiger partial charge < -0.3 is 14.6 Å². The third kappa shape index (κ3) is 3.48. The highest BCUT2D eigenvalue weighted by molar-refractivity contribution is 5.87. The minimum absolute atomic E-state index is 0.0817. The Hall–Kier alpha value is -1.13. The van der Waals surface area contributed by atoms with Crippen LogP contribution in [0.3, 0.4) is 0 Å². The van der Waals surface area contributed by atoms with Crippen molar-refractivity contribution in [3.63, 3.8) is 0 Å². The van der Waals surface area contributed by atoms with Gasteiger partial charge in [-0.2, -0.15) is 0 Å². The lowest BCUT2D eigenvalue weighted by Crippen LogP contribution is -2.60. The number of hydrogen-bond donors (Lipinski definition) is 1. The fourth-order valence-corrected chi connectivity index (χ4v) is 10.4. The van der Waals surface area contributed by atoms with Gasteiger partial charge >= 0.3 is 5.97 Å². The van der Waals surface area contributed by atoms with Gasteiger partial charge in [0.05, 0.1) is 18.8 Å². The van der Waals surface area contributed by atoms with Gasteiger partial charge in [0.1, 0.15) is 0 Å². The van der Waals surface area contributed by atoms with Crippen molar-refractivity contribution in [2.45, 2.75) is 105 Å². The summed E-state index contributed by atoms with van der Waals surface area (Å²) in [5, 5.41) is 10.9. The first kappa shape index (κ1) is 25.5. The Labute approximate surface area is 212 Å². The summed E-state index contributed by atoms with van der Waals surface area (Å²) in [6, 6.07) is 0. The molecule has 4 aliphatic carbocycles. The molecule has 0 spiro atoms. The minimum Gasteiger partial charge on any atom is -0.462 e. The Morgan fingerprint density at radius 3 is 2.51 bits per heavy atom. The number of carbonyl (C=O) groups excluding carboxylic acids is 1. The second kappa shape index (κ2) is 8.45. The summed E-state index contributed by atoms with van der Waals surface area (Å²) in [5.41, 5.74) is 2.72. The van der Waals surface area contributed by atoms with Gasteiger partial charge in [-0.05, 0) is 104 Å². The van der Waals surface area contributed by atoms with Crippen LogP contribution in [0.25, 0.3) is 0 Å². The third-order valence-electron chi connectivity index (χ3n) is 12.5. The van der Waals surface area contributed by atoms with Crippen LogP contribution in [0.15, 0.2) is 23.3 Å². The Morgan fingerprint density at radius 1 is 1.06 bits per heavy atom. The summed E-state index contributed by atoms with van der Waals surface area (Å²) in [7, 11) is 1.82. The van der Waals surface area contributed by atoms with Crippen LogP contribution in [0.2, 0.25) is 0 Å². The molecule has 4 nitrogen and oxygen atoms in total. The molecule has 0 aromatic rings. The Morgan fingerprint density at radius 2 is 1.80 bits per heavy atom. The maximum atomic E-state index is 13.0. The normalized spacial score (nSPS) is 52.2. The second-order valence-electron chi connectivity index (χ2n) is 13.9. The van der Waals surface area contributed by atoms with Gasteiger partial charge in [0.25, 0.3) is 0 Å². The molecule has 196 valence electrons. The quantitative estimate of drug-likeness (QED) is 0.342. The first-order valence-electron chi connectivity index (χ1n) is 14.2. The summed E-state index contributed by atoms with van der Waals surface area (Å²) >= 11 is 0. The van der Waals surface area contributed by atoms with E-state index in [0.717, 1.165) is 12.8 Å². The molecule has 1 aliphatic heterocycles. The van der Waals surface area contributed by atoms with Crippen LogP contribution in [0, 0.1) is 45.3 Å². The van der Waals surface area contributed by atoms with Crippen molar-refractivity contribution < 1.29 is 19.4 Å². The maximum absolute atomic E-state index is 13.0. The molecule has 3 fully saturated rings. The summed E-state index contributed by atoms with van der Waals surface area (Å²) in [4.78, 5) is 13.0. The summed E-state index contributed by atoms with van der Waals surface area (Å²) in [6.07, 6.45) is 12.8. The van der Waals surface area contributed by atoms with Gasteiger partial charge in [0.15, 0.2) is 0 Å². The number of esters is 1. The topological polar surface area (TPSA) is 55.8 Å². The molecule has 1 heterocycles. The van der Waals surface area contributed by atoms with E-state index in [0.29, 0.717) is 42.3 Å². The number of rotatable bonds is 1. The van der Waals surface area contributed by atoms with E-state index in [2.05, 4.69) is 40.7 Å². The lowest BCUT2D eigenvalue weighted by Gasteiger charge is -2.65. The van der Waals surface area contributed by atoms with Crippen LogP contribution < -0.4 is 0 Å². The van der Waals surface area contributed by atoms with E-state index < -0.39 is 6.10 Å². The standard InChI is InChI=1S/C31H48O4/c1-19-16-21(32)17-20(2)27(33)35-18-29(4)25-9-8-24-23(28(25,3)13-12-26(29)34-7)11-15-30(5)22(19)10-14-31(24,30)6/h8,17,19,21-23,25-26,32H,9-16,18H2,1-7H3/t19?,21-,22-,23+,25-,26-,28-,29-,30-,31+/m1/s1. The summed E-state index contributed by atoms with van der Waals surface area (Å²) in [5.74, 6) is 1.72. The molecule has 1 unspecified atom stereocenters. The van der Waals surface area contributed by atoms with Crippen molar-refractivity contribution >= 4 is 5.97 Å². The Bertz CT molecular complexity index is 936. The van der Waals surface area contributed by atoms with Gasteiger partial charge in [-0.15, -0.1) is 0 Å². The van der Waals surface area contributed by atoms with Gasteiger partial charge in [-0.1, -0.05) is 46.3 Å². The summed E-state index contributed by atoms with van der Waals surface area (Å²) in [6.45, 7) is 14.5. The van der Waals surface area contributed by atoms with Crippen molar-refractivity contribution in [2.24, 2.45) is 45.3 Å². The maximum Gasteiger partial charge on any atom is 0.333 e. The number of aliphatic hydroxyl groups excluding tert-OH is 1. The number of fused-ring (bicyclic) bond motifs is 2. The Kier molecular flexibility index (Phi) is 6.16. The molecule has 0 aromatic heterocycles. The number of aliphatic hydroxyl groups is 1. The predicted molar refractivity (Wildman–Crippen MR) is 139 cm³/mol. The SMILES string of the molecule is CO[C@@H]1CC[C@@]2(C)[C@H]3CC=C4[C@@H]2CC[C@]2(C)[C@H](CC[C@@]42C)C(C)C[C@@H](O)C=C(C)C(=O)OC[C@]31C. The van der Waals surface area contributed by atoms with Gasteiger partial charge in [-0.3, -0.25) is 0 Å². The zero-order valence-corrected chi connectivity index (χ0v) is 23.2.